The van der Waals surface area contributed by atoms with Gasteiger partial charge in [-0.1, -0.05) is 43.1 Å². The van der Waals surface area contributed by atoms with Crippen LogP contribution in [-0.2, 0) is 4.79 Å². The second kappa shape index (κ2) is 7.28. The number of nitrogens with one attached hydrogen (secondary N) is 2. The topological polar surface area (TPSA) is 41.1 Å². The lowest BCUT2D eigenvalue weighted by Crippen LogP contribution is -2.48. The molecule has 3 nitrogen and oxygen atoms in total. The minimum Gasteiger partial charge on any atom is -0.349 e. The molecule has 1 heterocycles. The van der Waals surface area contributed by atoms with Crippen LogP contribution in [0, 0.1) is 5.41 Å². The van der Waals surface area contributed by atoms with E-state index in [1.807, 2.05) is 31.2 Å². The van der Waals surface area contributed by atoms with Gasteiger partial charge in [0, 0.05) is 5.02 Å². The average molecular weight is 309 g/mol. The molecule has 1 saturated heterocycles. The lowest BCUT2D eigenvalue weighted by molar-refractivity contribution is -0.133. The number of rotatable bonds is 5. The molecular formula is C17H25ClN2O. The Bertz CT molecular complexity index is 478. The highest BCUT2D eigenvalue weighted by Gasteiger charge is 2.39. The fourth-order valence-corrected chi connectivity index (χ4v) is 3.53. The largest absolute Gasteiger partial charge is 0.349 e. The van der Waals surface area contributed by atoms with E-state index in [4.69, 9.17) is 11.6 Å². The van der Waals surface area contributed by atoms with E-state index in [1.54, 1.807) is 0 Å². The van der Waals surface area contributed by atoms with E-state index in [0.29, 0.717) is 5.02 Å². The summed E-state index contributed by atoms with van der Waals surface area (Å²) in [6, 6.07) is 7.64. The number of piperidine rings is 1. The molecule has 1 aromatic carbocycles. The second-order valence-electron chi connectivity index (χ2n) is 6.00. The molecule has 0 bridgehead atoms. The summed E-state index contributed by atoms with van der Waals surface area (Å²) in [6.45, 7) is 6.00. The first-order chi connectivity index (χ1) is 10.1. The van der Waals surface area contributed by atoms with Gasteiger partial charge in [-0.2, -0.15) is 0 Å². The van der Waals surface area contributed by atoms with E-state index in [0.717, 1.165) is 44.3 Å². The highest BCUT2D eigenvalue weighted by Crippen LogP contribution is 2.35. The van der Waals surface area contributed by atoms with Crippen molar-refractivity contribution < 1.29 is 4.79 Å². The third kappa shape index (κ3) is 3.78. The number of benzene rings is 1. The van der Waals surface area contributed by atoms with E-state index < -0.39 is 0 Å². The third-order valence-electron chi connectivity index (χ3n) is 4.49. The number of amides is 1. The highest BCUT2D eigenvalue weighted by atomic mass is 35.5. The third-order valence-corrected chi connectivity index (χ3v) is 4.83. The van der Waals surface area contributed by atoms with Gasteiger partial charge in [-0.05, 0) is 50.9 Å². The van der Waals surface area contributed by atoms with Crippen molar-refractivity contribution in [3.05, 3.63) is 34.9 Å². The molecule has 21 heavy (non-hydrogen) atoms. The molecule has 116 valence electrons. The predicted octanol–water partition coefficient (Wildman–Crippen LogP) is 3.69. The minimum atomic E-state index is -0.213. The zero-order valence-electron chi connectivity index (χ0n) is 12.9. The predicted molar refractivity (Wildman–Crippen MR) is 87.5 cm³/mol. The molecule has 0 saturated carbocycles. The maximum atomic E-state index is 12.8. The Morgan fingerprint density at radius 2 is 2.05 bits per heavy atom. The van der Waals surface area contributed by atoms with Crippen LogP contribution in [0.2, 0.25) is 5.02 Å². The quantitative estimate of drug-likeness (QED) is 0.871. The van der Waals surface area contributed by atoms with Crippen molar-refractivity contribution in [3.63, 3.8) is 0 Å². The fraction of sp³-hybridized carbons (Fsp3) is 0.588. The van der Waals surface area contributed by atoms with E-state index >= 15 is 0 Å². The van der Waals surface area contributed by atoms with Crippen molar-refractivity contribution in [2.45, 2.75) is 45.6 Å². The molecule has 1 aliphatic rings. The van der Waals surface area contributed by atoms with E-state index in [9.17, 15) is 4.79 Å². The molecule has 1 amide bonds. The second-order valence-corrected chi connectivity index (χ2v) is 6.40. The van der Waals surface area contributed by atoms with Gasteiger partial charge in [0.1, 0.15) is 0 Å². The first-order valence-corrected chi connectivity index (χ1v) is 8.23. The summed E-state index contributed by atoms with van der Waals surface area (Å²) < 4.78 is 0. The Kier molecular flexibility index (Phi) is 5.65. The molecule has 1 fully saturated rings. The van der Waals surface area contributed by atoms with Gasteiger partial charge in [-0.25, -0.2) is 0 Å². The summed E-state index contributed by atoms with van der Waals surface area (Å²) in [7, 11) is 0. The SMILES string of the molecule is CCCC1(C(=O)N[C@H](C)c2ccccc2Cl)CCNCC1. The minimum absolute atomic E-state index is 0.0604. The zero-order valence-corrected chi connectivity index (χ0v) is 13.7. The lowest BCUT2D eigenvalue weighted by Gasteiger charge is -2.37. The number of hydrogen-bond acceptors (Lipinski definition) is 2. The lowest BCUT2D eigenvalue weighted by atomic mass is 9.74. The standard InChI is InChI=1S/C17H25ClN2O/c1-3-8-17(9-11-19-12-10-17)16(21)20-13(2)14-6-4-5-7-15(14)18/h4-7,13,19H,3,8-12H2,1-2H3,(H,20,21)/t13-/m1/s1. The van der Waals surface area contributed by atoms with Gasteiger partial charge in [0.15, 0.2) is 0 Å². The van der Waals surface area contributed by atoms with Crippen LogP contribution >= 0.6 is 11.6 Å². The highest BCUT2D eigenvalue weighted by molar-refractivity contribution is 6.31. The van der Waals surface area contributed by atoms with E-state index in [-0.39, 0.29) is 17.4 Å². The Balaban J connectivity index is 2.10. The van der Waals surface area contributed by atoms with Crippen molar-refractivity contribution in [1.29, 1.82) is 0 Å². The zero-order chi connectivity index (χ0) is 15.3. The molecule has 1 aromatic rings. The molecular weight excluding hydrogens is 284 g/mol. The Morgan fingerprint density at radius 3 is 2.67 bits per heavy atom. The maximum absolute atomic E-state index is 12.8. The number of carbonyl (C=O) groups excluding carboxylic acids is 1. The van der Waals surface area contributed by atoms with Gasteiger partial charge in [0.25, 0.3) is 0 Å². The summed E-state index contributed by atoms with van der Waals surface area (Å²) in [6.07, 6.45) is 3.83. The monoisotopic (exact) mass is 308 g/mol. The van der Waals surface area contributed by atoms with Gasteiger partial charge < -0.3 is 10.6 Å². The Labute approximate surface area is 132 Å². The first-order valence-electron chi connectivity index (χ1n) is 7.85. The van der Waals surface area contributed by atoms with Crippen molar-refractivity contribution in [3.8, 4) is 0 Å². The molecule has 1 atom stereocenters. The van der Waals surface area contributed by atoms with Crippen LogP contribution in [0.1, 0.15) is 51.1 Å². The number of hydrogen-bond donors (Lipinski definition) is 2. The van der Waals surface area contributed by atoms with Crippen LogP contribution in [-0.4, -0.2) is 19.0 Å². The van der Waals surface area contributed by atoms with Crippen LogP contribution in [0.3, 0.4) is 0 Å². The van der Waals surface area contributed by atoms with Crippen LogP contribution in [0.25, 0.3) is 0 Å². The van der Waals surface area contributed by atoms with E-state index in [2.05, 4.69) is 17.6 Å². The van der Waals surface area contributed by atoms with Crippen molar-refractivity contribution in [2.24, 2.45) is 5.41 Å². The van der Waals surface area contributed by atoms with Crippen molar-refractivity contribution >= 4 is 17.5 Å². The molecule has 0 spiro atoms. The molecule has 2 rings (SSSR count). The van der Waals surface area contributed by atoms with Crippen LogP contribution in [0.4, 0.5) is 0 Å². The summed E-state index contributed by atoms with van der Waals surface area (Å²) in [5.41, 5.74) is 0.767. The van der Waals surface area contributed by atoms with Crippen LogP contribution in [0.15, 0.2) is 24.3 Å². The Morgan fingerprint density at radius 1 is 1.38 bits per heavy atom. The average Bonchev–Trinajstić information content (AvgIpc) is 2.48. The maximum Gasteiger partial charge on any atom is 0.226 e. The molecule has 2 N–H and O–H groups in total. The molecule has 4 heteroatoms. The van der Waals surface area contributed by atoms with Gasteiger partial charge in [0.05, 0.1) is 11.5 Å². The van der Waals surface area contributed by atoms with Crippen LogP contribution < -0.4 is 10.6 Å². The van der Waals surface area contributed by atoms with Gasteiger partial charge >= 0.3 is 0 Å². The number of halogens is 1. The summed E-state index contributed by atoms with van der Waals surface area (Å²) in [5.74, 6) is 0.179. The molecule has 1 aliphatic heterocycles. The molecule has 0 radical (unpaired) electrons. The van der Waals surface area contributed by atoms with Gasteiger partial charge in [-0.15, -0.1) is 0 Å². The summed E-state index contributed by atoms with van der Waals surface area (Å²) in [5, 5.41) is 7.24. The van der Waals surface area contributed by atoms with E-state index in [1.165, 1.54) is 0 Å². The van der Waals surface area contributed by atoms with Gasteiger partial charge in [-0.3, -0.25) is 4.79 Å². The molecule has 0 unspecified atom stereocenters. The molecule has 0 aromatic heterocycles. The normalized spacial score (nSPS) is 19.0. The fourth-order valence-electron chi connectivity index (χ4n) is 3.23. The van der Waals surface area contributed by atoms with Crippen LogP contribution in [0.5, 0.6) is 0 Å². The summed E-state index contributed by atoms with van der Waals surface area (Å²) in [4.78, 5) is 12.8. The molecule has 0 aliphatic carbocycles. The van der Waals surface area contributed by atoms with Gasteiger partial charge in [0.2, 0.25) is 5.91 Å². The van der Waals surface area contributed by atoms with Crippen molar-refractivity contribution in [1.82, 2.24) is 10.6 Å². The first kappa shape index (κ1) is 16.3. The summed E-state index contributed by atoms with van der Waals surface area (Å²) >= 11 is 6.22. The Hall–Kier alpha value is -1.06. The number of carbonyl (C=O) groups is 1. The van der Waals surface area contributed by atoms with Crippen molar-refractivity contribution in [2.75, 3.05) is 13.1 Å². The smallest absolute Gasteiger partial charge is 0.226 e.